The molecule has 38 heavy (non-hydrogen) atoms. The van der Waals surface area contributed by atoms with Crippen molar-refractivity contribution in [1.82, 2.24) is 5.32 Å². The van der Waals surface area contributed by atoms with E-state index in [1.165, 1.54) is 43.8 Å². The Kier molecular flexibility index (Phi) is 8.72. The number of ether oxygens (including phenoxy) is 2. The monoisotopic (exact) mass is 523 g/mol. The number of rotatable bonds is 8. The fourth-order valence-electron chi connectivity index (χ4n) is 5.39. The third kappa shape index (κ3) is 6.25. The maximum Gasteiger partial charge on any atom is 0.0772 e. The second kappa shape index (κ2) is 12.6. The number of benzene rings is 5. The lowest BCUT2D eigenvalue weighted by molar-refractivity contribution is 0.0106. The van der Waals surface area contributed by atoms with Crippen LogP contribution < -0.4 is 5.32 Å². The van der Waals surface area contributed by atoms with Gasteiger partial charge in [-0.05, 0) is 68.9 Å². The third-order valence-corrected chi connectivity index (χ3v) is 7.46. The lowest BCUT2D eigenvalue weighted by Gasteiger charge is -2.32. The van der Waals surface area contributed by atoms with E-state index in [0.29, 0.717) is 25.7 Å². The van der Waals surface area contributed by atoms with E-state index in [4.69, 9.17) is 9.47 Å². The Balaban J connectivity index is 0.00000294. The molecule has 0 aromatic heterocycles. The normalized spacial score (nSPS) is 17.4. The summed E-state index contributed by atoms with van der Waals surface area (Å²) in [7, 11) is 0. The summed E-state index contributed by atoms with van der Waals surface area (Å²) < 4.78 is 12.5. The molecule has 5 aromatic carbocycles. The molecule has 4 heteroatoms. The highest BCUT2D eigenvalue weighted by Crippen LogP contribution is 2.29. The molecular weight excluding hydrogens is 490 g/mol. The molecule has 1 aliphatic rings. The molecule has 194 valence electrons. The van der Waals surface area contributed by atoms with Gasteiger partial charge in [0.05, 0.1) is 25.9 Å². The maximum absolute atomic E-state index is 6.47. The first kappa shape index (κ1) is 26.4. The van der Waals surface area contributed by atoms with Gasteiger partial charge in [-0.2, -0.15) is 0 Å². The molecule has 2 unspecified atom stereocenters. The SMILES string of the molecule is Cl.c1ccc2cc(COCc3ccc(C4CCNCC4OCc4ccc5ccccc5c4)cc3)ccc2c1. The van der Waals surface area contributed by atoms with Crippen LogP contribution in [-0.2, 0) is 29.3 Å². The molecule has 2 atom stereocenters. The van der Waals surface area contributed by atoms with Gasteiger partial charge in [-0.25, -0.2) is 0 Å². The van der Waals surface area contributed by atoms with Gasteiger partial charge < -0.3 is 14.8 Å². The van der Waals surface area contributed by atoms with Crippen LogP contribution in [-0.4, -0.2) is 19.2 Å². The van der Waals surface area contributed by atoms with Gasteiger partial charge in [0, 0.05) is 12.5 Å². The summed E-state index contributed by atoms with van der Waals surface area (Å²) in [5, 5.41) is 8.57. The highest BCUT2D eigenvalue weighted by molar-refractivity contribution is 5.85. The van der Waals surface area contributed by atoms with Crippen LogP contribution in [0.25, 0.3) is 21.5 Å². The van der Waals surface area contributed by atoms with Crippen molar-refractivity contribution >= 4 is 34.0 Å². The Hall–Kier alpha value is -3.21. The Bertz CT molecular complexity index is 1480. The zero-order chi connectivity index (χ0) is 24.9. The number of hydrogen-bond acceptors (Lipinski definition) is 3. The van der Waals surface area contributed by atoms with Crippen molar-refractivity contribution in [2.24, 2.45) is 0 Å². The predicted molar refractivity (Wildman–Crippen MR) is 159 cm³/mol. The average Bonchev–Trinajstić information content (AvgIpc) is 2.96. The van der Waals surface area contributed by atoms with Crippen molar-refractivity contribution < 1.29 is 9.47 Å². The van der Waals surface area contributed by atoms with E-state index in [1.807, 2.05) is 0 Å². The van der Waals surface area contributed by atoms with E-state index in [9.17, 15) is 0 Å². The van der Waals surface area contributed by atoms with Crippen molar-refractivity contribution in [3.63, 3.8) is 0 Å². The fraction of sp³-hybridized carbons (Fsp3) is 0.235. The summed E-state index contributed by atoms with van der Waals surface area (Å²) >= 11 is 0. The lowest BCUT2D eigenvalue weighted by atomic mass is 9.87. The summed E-state index contributed by atoms with van der Waals surface area (Å²) in [6, 6.07) is 39.0. The average molecular weight is 524 g/mol. The molecule has 0 radical (unpaired) electrons. The highest BCUT2D eigenvalue weighted by atomic mass is 35.5. The van der Waals surface area contributed by atoms with E-state index in [0.717, 1.165) is 19.5 Å². The van der Waals surface area contributed by atoms with Crippen LogP contribution >= 0.6 is 12.4 Å². The van der Waals surface area contributed by atoms with Crippen molar-refractivity contribution in [2.75, 3.05) is 13.1 Å². The largest absolute Gasteiger partial charge is 0.372 e. The molecule has 1 aliphatic heterocycles. The van der Waals surface area contributed by atoms with Gasteiger partial charge in [0.1, 0.15) is 0 Å². The predicted octanol–water partition coefficient (Wildman–Crippen LogP) is 7.79. The van der Waals surface area contributed by atoms with Crippen LogP contribution in [0.3, 0.4) is 0 Å². The Morgan fingerprint density at radius 1 is 0.605 bits per heavy atom. The summed E-state index contributed by atoms with van der Waals surface area (Å²) in [5.41, 5.74) is 4.98. The minimum atomic E-state index is 0. The molecule has 0 amide bonds. The van der Waals surface area contributed by atoms with E-state index in [-0.39, 0.29) is 18.5 Å². The molecule has 0 saturated carbocycles. The topological polar surface area (TPSA) is 30.5 Å². The second-order valence-corrected chi connectivity index (χ2v) is 10.0. The summed E-state index contributed by atoms with van der Waals surface area (Å²) in [6.07, 6.45) is 1.25. The smallest absolute Gasteiger partial charge is 0.0772 e. The highest BCUT2D eigenvalue weighted by Gasteiger charge is 2.27. The molecule has 0 spiro atoms. The van der Waals surface area contributed by atoms with Crippen LogP contribution in [0.15, 0.2) is 109 Å². The summed E-state index contributed by atoms with van der Waals surface area (Å²) in [4.78, 5) is 0. The van der Waals surface area contributed by atoms with Gasteiger partial charge >= 0.3 is 0 Å². The zero-order valence-electron chi connectivity index (χ0n) is 21.5. The minimum absolute atomic E-state index is 0. The zero-order valence-corrected chi connectivity index (χ0v) is 22.3. The van der Waals surface area contributed by atoms with Crippen molar-refractivity contribution in [2.45, 2.75) is 38.3 Å². The van der Waals surface area contributed by atoms with Crippen LogP contribution in [0.4, 0.5) is 0 Å². The van der Waals surface area contributed by atoms with Gasteiger partial charge in [-0.3, -0.25) is 0 Å². The van der Waals surface area contributed by atoms with Gasteiger partial charge in [0.15, 0.2) is 0 Å². The van der Waals surface area contributed by atoms with Gasteiger partial charge in [0.2, 0.25) is 0 Å². The minimum Gasteiger partial charge on any atom is -0.372 e. The van der Waals surface area contributed by atoms with Crippen LogP contribution in [0, 0.1) is 0 Å². The van der Waals surface area contributed by atoms with Gasteiger partial charge in [-0.15, -0.1) is 12.4 Å². The van der Waals surface area contributed by atoms with E-state index in [2.05, 4.69) is 115 Å². The second-order valence-electron chi connectivity index (χ2n) is 10.0. The van der Waals surface area contributed by atoms with E-state index in [1.54, 1.807) is 0 Å². The quantitative estimate of drug-likeness (QED) is 0.225. The van der Waals surface area contributed by atoms with Crippen molar-refractivity contribution in [3.8, 4) is 0 Å². The van der Waals surface area contributed by atoms with Crippen LogP contribution in [0.2, 0.25) is 0 Å². The molecule has 1 fully saturated rings. The molecule has 6 rings (SSSR count). The molecule has 1 N–H and O–H groups in total. The number of hydrogen-bond donors (Lipinski definition) is 1. The Labute approximate surface area is 231 Å². The van der Waals surface area contributed by atoms with Gasteiger partial charge in [-0.1, -0.05) is 97.1 Å². The fourth-order valence-corrected chi connectivity index (χ4v) is 5.39. The molecule has 1 heterocycles. The number of piperidine rings is 1. The Morgan fingerprint density at radius 3 is 1.82 bits per heavy atom. The van der Waals surface area contributed by atoms with Crippen LogP contribution in [0.1, 0.15) is 34.6 Å². The molecule has 0 aliphatic carbocycles. The van der Waals surface area contributed by atoms with Crippen molar-refractivity contribution in [1.29, 1.82) is 0 Å². The third-order valence-electron chi connectivity index (χ3n) is 7.46. The molecular formula is C34H34ClNO2. The lowest BCUT2D eigenvalue weighted by Crippen LogP contribution is -2.40. The van der Waals surface area contributed by atoms with E-state index < -0.39 is 0 Å². The summed E-state index contributed by atoms with van der Waals surface area (Å²) in [5.74, 6) is 0.397. The van der Waals surface area contributed by atoms with E-state index >= 15 is 0 Å². The first-order valence-corrected chi connectivity index (χ1v) is 13.3. The molecule has 5 aromatic rings. The summed E-state index contributed by atoms with van der Waals surface area (Å²) in [6.45, 7) is 3.77. The molecule has 0 bridgehead atoms. The standard InChI is InChI=1S/C34H33NO2.ClH/c1-3-7-31-19-26(11-13-28(31)5-1)23-36-22-25-9-15-30(16-10-25)33-17-18-35-21-34(33)37-24-27-12-14-29-6-2-4-8-32(29)20-27;/h1-16,19-20,33-35H,17-18,21-24H2;1H. The molecule has 1 saturated heterocycles. The maximum atomic E-state index is 6.47. The molecule has 3 nitrogen and oxygen atoms in total. The first-order chi connectivity index (χ1) is 18.3. The Morgan fingerprint density at radius 2 is 1.16 bits per heavy atom. The number of fused-ring (bicyclic) bond motifs is 2. The van der Waals surface area contributed by atoms with Crippen molar-refractivity contribution in [3.05, 3.63) is 131 Å². The first-order valence-electron chi connectivity index (χ1n) is 13.3. The number of nitrogens with one attached hydrogen (secondary N) is 1. The van der Waals surface area contributed by atoms with Crippen LogP contribution in [0.5, 0.6) is 0 Å². The number of halogens is 1. The van der Waals surface area contributed by atoms with Gasteiger partial charge in [0.25, 0.3) is 0 Å².